The van der Waals surface area contributed by atoms with Gasteiger partial charge in [-0.3, -0.25) is 14.9 Å². The van der Waals surface area contributed by atoms with Crippen LogP contribution in [0.15, 0.2) is 0 Å². The van der Waals surface area contributed by atoms with Crippen LogP contribution in [0, 0.1) is 23.2 Å². The van der Waals surface area contributed by atoms with Crippen molar-refractivity contribution in [2.24, 2.45) is 23.2 Å². The van der Waals surface area contributed by atoms with Gasteiger partial charge in [-0.2, -0.15) is 0 Å². The zero-order valence-electron chi connectivity index (χ0n) is 16.4. The first-order valence-electron chi connectivity index (χ1n) is 10.4. The molecule has 28 heavy (non-hydrogen) atoms. The second-order valence-electron chi connectivity index (χ2n) is 9.09. The van der Waals surface area contributed by atoms with Gasteiger partial charge in [0, 0.05) is 13.6 Å². The zero-order valence-corrected chi connectivity index (χ0v) is 16.4. The van der Waals surface area contributed by atoms with Crippen molar-refractivity contribution in [2.45, 2.75) is 57.4 Å². The maximum absolute atomic E-state index is 13.5. The Morgan fingerprint density at radius 2 is 1.64 bits per heavy atom. The van der Waals surface area contributed by atoms with E-state index < -0.39 is 30.6 Å². The molecule has 5 rings (SSSR count). The molecule has 1 aliphatic heterocycles. The third-order valence-electron chi connectivity index (χ3n) is 7.10. The van der Waals surface area contributed by atoms with Crippen LogP contribution in [-0.4, -0.2) is 55.0 Å². The third kappa shape index (κ3) is 3.49. The van der Waals surface area contributed by atoms with Gasteiger partial charge < -0.3 is 15.0 Å². The molecular formula is C20H29N3O5. The number of ether oxygens (including phenoxy) is 1. The largest absolute Gasteiger partial charge is 0.454 e. The summed E-state index contributed by atoms with van der Waals surface area (Å²) in [5.74, 6) is 0.873. The van der Waals surface area contributed by atoms with Crippen LogP contribution in [0.1, 0.15) is 51.4 Å². The van der Waals surface area contributed by atoms with E-state index in [1.54, 1.807) is 4.90 Å². The van der Waals surface area contributed by atoms with E-state index in [-0.39, 0.29) is 11.3 Å². The summed E-state index contributed by atoms with van der Waals surface area (Å²) in [6, 6.07) is -1.27. The van der Waals surface area contributed by atoms with Crippen molar-refractivity contribution in [3.8, 4) is 0 Å². The highest BCUT2D eigenvalue weighted by atomic mass is 16.5. The molecule has 4 amide bonds. The van der Waals surface area contributed by atoms with Gasteiger partial charge in [-0.1, -0.05) is 0 Å². The van der Waals surface area contributed by atoms with Crippen LogP contribution in [0.2, 0.25) is 0 Å². The Hall–Kier alpha value is -2.12. The number of carbonyl (C=O) groups is 4. The van der Waals surface area contributed by atoms with Gasteiger partial charge in [-0.05, 0) is 69.1 Å². The summed E-state index contributed by atoms with van der Waals surface area (Å²) in [7, 11) is 1.39. The van der Waals surface area contributed by atoms with Crippen LogP contribution in [0.4, 0.5) is 4.79 Å². The smallest absolute Gasteiger partial charge is 0.329 e. The molecule has 5 aliphatic rings. The number of urea groups is 1. The standard InChI is InChI=1S/C20H29N3O5/c1-21-19(27)22-16(24)11-28-17(25)15-3-2-4-23(15)18(26)20-8-12-5-13(9-20)7-14(6-12)10-20/h12-15H,2-11H2,1H3,(H2,21,22,24,27)/t12?,13?,14?,15-,20?/m1/s1. The van der Waals surface area contributed by atoms with Gasteiger partial charge in [-0.15, -0.1) is 0 Å². The van der Waals surface area contributed by atoms with Crippen LogP contribution < -0.4 is 10.6 Å². The van der Waals surface area contributed by atoms with Crippen molar-refractivity contribution in [3.63, 3.8) is 0 Å². The van der Waals surface area contributed by atoms with Gasteiger partial charge in [0.2, 0.25) is 5.91 Å². The first-order chi connectivity index (χ1) is 13.4. The number of hydrogen-bond donors (Lipinski definition) is 2. The van der Waals surface area contributed by atoms with E-state index in [0.29, 0.717) is 30.7 Å². The summed E-state index contributed by atoms with van der Waals surface area (Å²) in [5, 5.41) is 4.31. The normalized spacial score (nSPS) is 35.5. The molecule has 0 aromatic rings. The number of rotatable bonds is 4. The molecule has 8 nitrogen and oxygen atoms in total. The predicted octanol–water partition coefficient (Wildman–Crippen LogP) is 1.19. The zero-order chi connectivity index (χ0) is 19.9. The molecule has 154 valence electrons. The molecule has 4 bridgehead atoms. The predicted molar refractivity (Wildman–Crippen MR) is 98.9 cm³/mol. The lowest BCUT2D eigenvalue weighted by Crippen LogP contribution is -2.56. The van der Waals surface area contributed by atoms with Gasteiger partial charge >= 0.3 is 12.0 Å². The molecule has 0 unspecified atom stereocenters. The lowest BCUT2D eigenvalue weighted by Gasteiger charge is -2.56. The Kier molecular flexibility index (Phi) is 5.05. The summed E-state index contributed by atoms with van der Waals surface area (Å²) in [6.45, 7) is 0.0485. The second-order valence-corrected chi connectivity index (χ2v) is 9.09. The fourth-order valence-corrected chi connectivity index (χ4v) is 6.39. The van der Waals surface area contributed by atoms with Crippen LogP contribution in [0.5, 0.6) is 0 Å². The molecule has 1 atom stereocenters. The highest BCUT2D eigenvalue weighted by Crippen LogP contribution is 2.60. The molecular weight excluding hydrogens is 362 g/mol. The minimum atomic E-state index is -0.690. The van der Waals surface area contributed by atoms with E-state index in [0.717, 1.165) is 25.7 Å². The van der Waals surface area contributed by atoms with Crippen LogP contribution >= 0.6 is 0 Å². The Morgan fingerprint density at radius 3 is 2.21 bits per heavy atom. The molecule has 5 fully saturated rings. The minimum absolute atomic E-state index is 0.126. The molecule has 4 saturated carbocycles. The van der Waals surface area contributed by atoms with Crippen molar-refractivity contribution < 1.29 is 23.9 Å². The first kappa shape index (κ1) is 19.2. The fraction of sp³-hybridized carbons (Fsp3) is 0.800. The number of nitrogens with one attached hydrogen (secondary N) is 2. The molecule has 8 heteroatoms. The summed E-state index contributed by atoms with van der Waals surface area (Å²) in [4.78, 5) is 50.6. The molecule has 1 saturated heterocycles. The van der Waals surface area contributed by atoms with Crippen molar-refractivity contribution >= 4 is 23.8 Å². The number of likely N-dealkylation sites (tertiary alicyclic amines) is 1. The summed E-state index contributed by atoms with van der Waals surface area (Å²) >= 11 is 0. The van der Waals surface area contributed by atoms with Gasteiger partial charge in [0.15, 0.2) is 6.61 Å². The van der Waals surface area contributed by atoms with Crippen LogP contribution in [0.25, 0.3) is 0 Å². The highest BCUT2D eigenvalue weighted by Gasteiger charge is 2.57. The van der Waals surface area contributed by atoms with Crippen molar-refractivity contribution in [1.29, 1.82) is 0 Å². The molecule has 0 spiro atoms. The highest BCUT2D eigenvalue weighted by molar-refractivity contribution is 5.96. The van der Waals surface area contributed by atoms with E-state index in [1.165, 1.54) is 26.3 Å². The molecule has 0 aromatic heterocycles. The maximum Gasteiger partial charge on any atom is 0.329 e. The minimum Gasteiger partial charge on any atom is -0.454 e. The fourth-order valence-electron chi connectivity index (χ4n) is 6.39. The van der Waals surface area contributed by atoms with E-state index in [2.05, 4.69) is 10.6 Å². The average Bonchev–Trinajstić information content (AvgIpc) is 3.14. The Morgan fingerprint density at radius 1 is 1.04 bits per heavy atom. The monoisotopic (exact) mass is 391 g/mol. The molecule has 1 heterocycles. The summed E-state index contributed by atoms with van der Waals surface area (Å²) < 4.78 is 5.11. The average molecular weight is 391 g/mol. The van der Waals surface area contributed by atoms with Crippen LogP contribution in [-0.2, 0) is 19.1 Å². The van der Waals surface area contributed by atoms with Crippen molar-refractivity contribution in [3.05, 3.63) is 0 Å². The van der Waals surface area contributed by atoms with Crippen LogP contribution in [0.3, 0.4) is 0 Å². The first-order valence-corrected chi connectivity index (χ1v) is 10.4. The van der Waals surface area contributed by atoms with E-state index in [9.17, 15) is 19.2 Å². The lowest BCUT2D eigenvalue weighted by molar-refractivity contribution is -0.166. The van der Waals surface area contributed by atoms with Crippen molar-refractivity contribution in [1.82, 2.24) is 15.5 Å². The second kappa shape index (κ2) is 7.37. The SMILES string of the molecule is CNC(=O)NC(=O)COC(=O)[C@H]1CCCN1C(=O)C12CC3CC(CC(C3)C1)C2. The Labute approximate surface area is 164 Å². The number of amides is 4. The number of nitrogens with zero attached hydrogens (tertiary/aromatic N) is 1. The van der Waals surface area contributed by atoms with E-state index >= 15 is 0 Å². The lowest BCUT2D eigenvalue weighted by atomic mass is 9.49. The van der Waals surface area contributed by atoms with E-state index in [4.69, 9.17) is 4.74 Å². The topological polar surface area (TPSA) is 105 Å². The summed E-state index contributed by atoms with van der Waals surface area (Å²) in [6.07, 6.45) is 8.01. The Bertz CT molecular complexity index is 656. The molecule has 0 radical (unpaired) electrons. The third-order valence-corrected chi connectivity index (χ3v) is 7.10. The van der Waals surface area contributed by atoms with Crippen molar-refractivity contribution in [2.75, 3.05) is 20.2 Å². The van der Waals surface area contributed by atoms with Gasteiger partial charge in [0.25, 0.3) is 5.91 Å². The number of imide groups is 1. The van der Waals surface area contributed by atoms with Gasteiger partial charge in [0.05, 0.1) is 5.41 Å². The van der Waals surface area contributed by atoms with Gasteiger partial charge in [-0.25, -0.2) is 9.59 Å². The molecule has 4 aliphatic carbocycles. The molecule has 0 aromatic carbocycles. The number of carbonyl (C=O) groups excluding carboxylic acids is 4. The maximum atomic E-state index is 13.5. The quantitative estimate of drug-likeness (QED) is 0.701. The Balaban J connectivity index is 1.38. The summed E-state index contributed by atoms with van der Waals surface area (Å²) in [5.41, 5.74) is -0.284. The van der Waals surface area contributed by atoms with E-state index in [1.807, 2.05) is 0 Å². The number of esters is 1. The van der Waals surface area contributed by atoms with Gasteiger partial charge in [0.1, 0.15) is 6.04 Å². The molecule has 2 N–H and O–H groups in total. The number of hydrogen-bond acceptors (Lipinski definition) is 5.